The molecule has 13 aromatic rings. The van der Waals surface area contributed by atoms with Gasteiger partial charge in [0.05, 0.1) is 49.7 Å². The van der Waals surface area contributed by atoms with Gasteiger partial charge in [-0.3, -0.25) is 0 Å². The molecular formula is C55H33N5. The lowest BCUT2D eigenvalue weighted by Gasteiger charge is -2.12. The minimum atomic E-state index is 0.644. The maximum atomic E-state index is 10.7. The summed E-state index contributed by atoms with van der Waals surface area (Å²) in [7, 11) is 0. The zero-order valence-electron chi connectivity index (χ0n) is 32.3. The third kappa shape index (κ3) is 4.34. The highest BCUT2D eigenvalue weighted by Gasteiger charge is 2.25. The Morgan fingerprint density at radius 1 is 0.283 bits per heavy atom. The molecule has 5 heteroatoms. The molecule has 4 aromatic heterocycles. The van der Waals surface area contributed by atoms with E-state index in [1.54, 1.807) is 0 Å². The molecule has 0 atom stereocenters. The molecule has 0 spiro atoms. The lowest BCUT2D eigenvalue weighted by molar-refractivity contribution is 1.16. The first-order valence-electron chi connectivity index (χ1n) is 20.3. The van der Waals surface area contributed by atoms with Crippen molar-refractivity contribution >= 4 is 87.2 Å². The Hall–Kier alpha value is -8.33. The molecule has 0 fully saturated rings. The molecule has 60 heavy (non-hydrogen) atoms. The van der Waals surface area contributed by atoms with Gasteiger partial charge in [0.25, 0.3) is 0 Å². The zero-order valence-corrected chi connectivity index (χ0v) is 32.3. The highest BCUT2D eigenvalue weighted by atomic mass is 15.0. The largest absolute Gasteiger partial charge is 0.309 e. The van der Waals surface area contributed by atoms with E-state index in [4.69, 9.17) is 0 Å². The first-order valence-corrected chi connectivity index (χ1v) is 20.3. The van der Waals surface area contributed by atoms with Crippen molar-refractivity contribution < 1.29 is 0 Å². The summed E-state index contributed by atoms with van der Waals surface area (Å²) in [5.74, 6) is 0. The van der Waals surface area contributed by atoms with Crippen LogP contribution < -0.4 is 0 Å². The van der Waals surface area contributed by atoms with Crippen LogP contribution in [0.1, 0.15) is 5.56 Å². The Labute approximate surface area is 344 Å². The van der Waals surface area contributed by atoms with Crippen molar-refractivity contribution in [2.24, 2.45) is 0 Å². The summed E-state index contributed by atoms with van der Waals surface area (Å²) >= 11 is 0. The molecule has 0 aliphatic rings. The van der Waals surface area contributed by atoms with Crippen LogP contribution in [0.25, 0.3) is 110 Å². The lowest BCUT2D eigenvalue weighted by Crippen LogP contribution is -1.97. The van der Waals surface area contributed by atoms with Crippen molar-refractivity contribution in [1.29, 1.82) is 5.26 Å². The molecule has 0 N–H and O–H groups in total. The van der Waals surface area contributed by atoms with E-state index in [1.807, 2.05) is 12.1 Å². The quantitative estimate of drug-likeness (QED) is 0.176. The van der Waals surface area contributed by atoms with Gasteiger partial charge in [0.2, 0.25) is 0 Å². The Morgan fingerprint density at radius 3 is 1.28 bits per heavy atom. The summed E-state index contributed by atoms with van der Waals surface area (Å²) in [5, 5.41) is 20.0. The summed E-state index contributed by atoms with van der Waals surface area (Å²) in [6.07, 6.45) is 0. The van der Waals surface area contributed by atoms with Crippen LogP contribution in [0.3, 0.4) is 0 Å². The highest BCUT2D eigenvalue weighted by molar-refractivity contribution is 6.28. The van der Waals surface area contributed by atoms with Gasteiger partial charge in [-0.15, -0.1) is 0 Å². The number of para-hydroxylation sites is 6. The predicted molar refractivity (Wildman–Crippen MR) is 249 cm³/mol. The lowest BCUT2D eigenvalue weighted by atomic mass is 10.1. The molecule has 278 valence electrons. The summed E-state index contributed by atoms with van der Waals surface area (Å²) in [6, 6.07) is 74.1. The van der Waals surface area contributed by atoms with E-state index < -0.39 is 0 Å². The van der Waals surface area contributed by atoms with Crippen LogP contribution >= 0.6 is 0 Å². The number of benzene rings is 9. The van der Waals surface area contributed by atoms with Gasteiger partial charge in [-0.2, -0.15) is 5.26 Å². The molecule has 4 heterocycles. The van der Waals surface area contributed by atoms with Gasteiger partial charge in [0.15, 0.2) is 0 Å². The second-order valence-corrected chi connectivity index (χ2v) is 15.6. The van der Waals surface area contributed by atoms with Gasteiger partial charge in [-0.05, 0) is 84.9 Å². The molecule has 0 bridgehead atoms. The first-order chi connectivity index (χ1) is 29.8. The van der Waals surface area contributed by atoms with Gasteiger partial charge in [0, 0.05) is 65.8 Å². The maximum Gasteiger partial charge on any atom is 0.101 e. The number of aromatic nitrogens is 4. The second-order valence-electron chi connectivity index (χ2n) is 15.6. The highest BCUT2D eigenvalue weighted by Crippen LogP contribution is 2.45. The monoisotopic (exact) mass is 763 g/mol. The smallest absolute Gasteiger partial charge is 0.101 e. The summed E-state index contributed by atoms with van der Waals surface area (Å²) < 4.78 is 9.56. The molecule has 0 aliphatic carbocycles. The molecule has 0 radical (unpaired) electrons. The van der Waals surface area contributed by atoms with Crippen LogP contribution in [0.2, 0.25) is 0 Å². The van der Waals surface area contributed by atoms with Crippen molar-refractivity contribution in [2.45, 2.75) is 0 Å². The Morgan fingerprint density at radius 2 is 0.717 bits per heavy atom. The fourth-order valence-electron chi connectivity index (χ4n) is 10.2. The van der Waals surface area contributed by atoms with Crippen molar-refractivity contribution in [3.05, 3.63) is 206 Å². The Kier molecular flexibility index (Phi) is 6.73. The van der Waals surface area contributed by atoms with Gasteiger partial charge in [-0.25, -0.2) is 0 Å². The van der Waals surface area contributed by atoms with Crippen molar-refractivity contribution in [3.8, 4) is 28.8 Å². The second kappa shape index (κ2) is 12.3. The van der Waals surface area contributed by atoms with E-state index in [-0.39, 0.29) is 0 Å². The fourth-order valence-corrected chi connectivity index (χ4v) is 10.2. The van der Waals surface area contributed by atoms with E-state index in [9.17, 15) is 5.26 Å². The molecule has 5 nitrogen and oxygen atoms in total. The van der Waals surface area contributed by atoms with Gasteiger partial charge >= 0.3 is 0 Å². The predicted octanol–water partition coefficient (Wildman–Crippen LogP) is 13.9. The fraction of sp³-hybridized carbons (Fsp3) is 0. The summed E-state index contributed by atoms with van der Waals surface area (Å²) in [5.41, 5.74) is 13.9. The Bertz CT molecular complexity index is 3930. The molecule has 13 rings (SSSR count). The van der Waals surface area contributed by atoms with Crippen molar-refractivity contribution in [2.75, 3.05) is 0 Å². The molecule has 0 saturated carbocycles. The normalized spacial score (nSPS) is 12.0. The van der Waals surface area contributed by atoms with E-state index in [2.05, 4.69) is 212 Å². The van der Waals surface area contributed by atoms with Gasteiger partial charge in [0.1, 0.15) is 6.07 Å². The average molecular weight is 764 g/mol. The third-order valence-electron chi connectivity index (χ3n) is 12.6. The number of fused-ring (bicyclic) bond motifs is 14. The SMILES string of the molecule is N#Cc1cccc2c3ccc4c(c5ccccc5n4-c4ccccc4)c3n(-c3ccc4c(c3)c3ccc5c(c6ccccc6n5-c5ccccc5)c3n4-c3ccccc3)c12. The Balaban J connectivity index is 1.20. The van der Waals surface area contributed by atoms with Crippen molar-refractivity contribution in [1.82, 2.24) is 18.3 Å². The molecule has 9 aromatic carbocycles. The minimum absolute atomic E-state index is 0.644. The third-order valence-corrected chi connectivity index (χ3v) is 12.6. The zero-order chi connectivity index (χ0) is 39.5. The number of hydrogen-bond acceptors (Lipinski definition) is 1. The molecular weight excluding hydrogens is 731 g/mol. The standard InChI is InChI=1S/C55H33N5/c56-34-35-15-14-24-40-41-28-31-50-52(44-23-11-13-26-47(44)58(50)37-18-6-2-7-19-37)55(41)60(53(35)40)39-27-30-48-45(33-39)42-29-32-49-51(54(42)59(48)38-20-8-3-9-21-38)43-22-10-12-25-46(43)57(49)36-16-4-1-5-17-36/h1-33H. The van der Waals surface area contributed by atoms with Crippen molar-refractivity contribution in [3.63, 3.8) is 0 Å². The number of nitriles is 1. The molecule has 0 unspecified atom stereocenters. The molecule has 0 aliphatic heterocycles. The van der Waals surface area contributed by atoms with Crippen LogP contribution in [0.5, 0.6) is 0 Å². The topological polar surface area (TPSA) is 43.5 Å². The van der Waals surface area contributed by atoms with Gasteiger partial charge in [-0.1, -0.05) is 115 Å². The van der Waals surface area contributed by atoms with E-state index in [1.165, 1.54) is 32.6 Å². The molecule has 0 saturated heterocycles. The van der Waals surface area contributed by atoms with E-state index >= 15 is 0 Å². The molecule has 0 amide bonds. The average Bonchev–Trinajstić information content (AvgIpc) is 4.04. The summed E-state index contributed by atoms with van der Waals surface area (Å²) in [6.45, 7) is 0. The number of hydrogen-bond donors (Lipinski definition) is 0. The van der Waals surface area contributed by atoms with E-state index in [0.717, 1.165) is 77.4 Å². The van der Waals surface area contributed by atoms with Crippen LogP contribution in [0, 0.1) is 11.3 Å². The van der Waals surface area contributed by atoms with Gasteiger partial charge < -0.3 is 18.3 Å². The van der Waals surface area contributed by atoms with E-state index in [0.29, 0.717) is 5.56 Å². The first kappa shape index (κ1) is 32.7. The van der Waals surface area contributed by atoms with Crippen LogP contribution in [0.4, 0.5) is 0 Å². The number of rotatable bonds is 4. The maximum absolute atomic E-state index is 10.7. The van der Waals surface area contributed by atoms with Crippen LogP contribution in [-0.4, -0.2) is 18.3 Å². The minimum Gasteiger partial charge on any atom is -0.309 e. The van der Waals surface area contributed by atoms with Crippen LogP contribution in [-0.2, 0) is 0 Å². The number of nitrogens with zero attached hydrogens (tertiary/aromatic N) is 5. The van der Waals surface area contributed by atoms with Crippen LogP contribution in [0.15, 0.2) is 200 Å². The summed E-state index contributed by atoms with van der Waals surface area (Å²) in [4.78, 5) is 0.